The molecule has 1 aromatic carbocycles. The highest BCUT2D eigenvalue weighted by Gasteiger charge is 2.16. The zero-order chi connectivity index (χ0) is 13.7. The number of anilines is 1. The van der Waals surface area contributed by atoms with E-state index in [1.165, 1.54) is 0 Å². The summed E-state index contributed by atoms with van der Waals surface area (Å²) in [6.45, 7) is 6.13. The van der Waals surface area contributed by atoms with E-state index in [0.29, 0.717) is 12.1 Å². The van der Waals surface area contributed by atoms with Crippen LogP contribution in [-0.4, -0.2) is 24.4 Å². The largest absolute Gasteiger partial charge is 0.385 e. The molecule has 1 rings (SSSR count). The molecule has 5 heteroatoms. The number of amides is 2. The highest BCUT2D eigenvalue weighted by molar-refractivity contribution is 6.01. The second kappa shape index (κ2) is 6.05. The SMILES string of the molecule is CCNc1ccc(C)cc1C(=O)NC(C)C(N)=O. The van der Waals surface area contributed by atoms with Crippen LogP contribution in [0.3, 0.4) is 0 Å². The minimum Gasteiger partial charge on any atom is -0.385 e. The van der Waals surface area contributed by atoms with Gasteiger partial charge < -0.3 is 16.4 Å². The molecule has 0 fully saturated rings. The number of primary amides is 1. The second-order valence-electron chi connectivity index (χ2n) is 4.18. The summed E-state index contributed by atoms with van der Waals surface area (Å²) in [7, 11) is 0. The fourth-order valence-corrected chi connectivity index (χ4v) is 1.54. The fraction of sp³-hybridized carbons (Fsp3) is 0.385. The Labute approximate surface area is 107 Å². The first kappa shape index (κ1) is 14.0. The molecule has 0 bridgehead atoms. The van der Waals surface area contributed by atoms with Crippen LogP contribution in [0.1, 0.15) is 29.8 Å². The summed E-state index contributed by atoms with van der Waals surface area (Å²) in [5.74, 6) is -0.859. The zero-order valence-corrected chi connectivity index (χ0v) is 10.9. The lowest BCUT2D eigenvalue weighted by molar-refractivity contribution is -0.119. The van der Waals surface area contributed by atoms with Crippen LogP contribution < -0.4 is 16.4 Å². The minimum atomic E-state index is -0.688. The number of benzene rings is 1. The van der Waals surface area contributed by atoms with Crippen LogP contribution in [0.2, 0.25) is 0 Å². The summed E-state index contributed by atoms with van der Waals surface area (Å²) in [6, 6.07) is 4.86. The molecule has 18 heavy (non-hydrogen) atoms. The molecular weight excluding hydrogens is 230 g/mol. The highest BCUT2D eigenvalue weighted by Crippen LogP contribution is 2.17. The zero-order valence-electron chi connectivity index (χ0n) is 10.9. The number of hydrogen-bond donors (Lipinski definition) is 3. The van der Waals surface area contributed by atoms with E-state index in [4.69, 9.17) is 5.73 Å². The quantitative estimate of drug-likeness (QED) is 0.728. The fourth-order valence-electron chi connectivity index (χ4n) is 1.54. The Morgan fingerprint density at radius 1 is 1.39 bits per heavy atom. The summed E-state index contributed by atoms with van der Waals surface area (Å²) < 4.78 is 0. The van der Waals surface area contributed by atoms with Crippen molar-refractivity contribution >= 4 is 17.5 Å². The molecule has 0 aliphatic heterocycles. The molecule has 0 aromatic heterocycles. The molecule has 0 saturated heterocycles. The van der Waals surface area contributed by atoms with Crippen LogP contribution in [-0.2, 0) is 4.79 Å². The van der Waals surface area contributed by atoms with E-state index < -0.39 is 11.9 Å². The Balaban J connectivity index is 2.96. The van der Waals surface area contributed by atoms with Crippen LogP contribution in [0.4, 0.5) is 5.69 Å². The van der Waals surface area contributed by atoms with Crippen LogP contribution in [0.5, 0.6) is 0 Å². The summed E-state index contributed by atoms with van der Waals surface area (Å²) in [4.78, 5) is 23.0. The van der Waals surface area contributed by atoms with Crippen LogP contribution in [0, 0.1) is 6.92 Å². The van der Waals surface area contributed by atoms with Gasteiger partial charge in [0.05, 0.1) is 5.56 Å². The van der Waals surface area contributed by atoms with Crippen molar-refractivity contribution in [2.75, 3.05) is 11.9 Å². The van der Waals surface area contributed by atoms with E-state index in [-0.39, 0.29) is 5.91 Å². The van der Waals surface area contributed by atoms with Crippen molar-refractivity contribution in [2.24, 2.45) is 5.73 Å². The lowest BCUT2D eigenvalue weighted by atomic mass is 10.1. The van der Waals surface area contributed by atoms with Gasteiger partial charge in [0.25, 0.3) is 5.91 Å². The van der Waals surface area contributed by atoms with Gasteiger partial charge in [-0.25, -0.2) is 0 Å². The summed E-state index contributed by atoms with van der Waals surface area (Å²) >= 11 is 0. The Hall–Kier alpha value is -2.04. The molecule has 0 aliphatic carbocycles. The average molecular weight is 249 g/mol. The Morgan fingerprint density at radius 2 is 2.06 bits per heavy atom. The highest BCUT2D eigenvalue weighted by atomic mass is 16.2. The molecule has 4 N–H and O–H groups in total. The van der Waals surface area contributed by atoms with E-state index in [1.807, 2.05) is 26.0 Å². The van der Waals surface area contributed by atoms with Crippen molar-refractivity contribution in [3.05, 3.63) is 29.3 Å². The number of rotatable bonds is 5. The number of aryl methyl sites for hydroxylation is 1. The summed E-state index contributed by atoms with van der Waals surface area (Å²) in [6.07, 6.45) is 0. The van der Waals surface area contributed by atoms with Gasteiger partial charge in [-0.1, -0.05) is 11.6 Å². The van der Waals surface area contributed by atoms with Crippen molar-refractivity contribution < 1.29 is 9.59 Å². The van der Waals surface area contributed by atoms with E-state index in [9.17, 15) is 9.59 Å². The maximum atomic E-state index is 12.0. The number of hydrogen-bond acceptors (Lipinski definition) is 3. The van der Waals surface area contributed by atoms with Crippen molar-refractivity contribution in [3.63, 3.8) is 0 Å². The molecule has 98 valence electrons. The lowest BCUT2D eigenvalue weighted by Crippen LogP contribution is -2.42. The molecule has 0 spiro atoms. The van der Waals surface area contributed by atoms with Crippen LogP contribution in [0.15, 0.2) is 18.2 Å². The number of nitrogens with one attached hydrogen (secondary N) is 2. The molecule has 0 saturated carbocycles. The average Bonchev–Trinajstić information content (AvgIpc) is 2.31. The molecule has 1 atom stereocenters. The topological polar surface area (TPSA) is 84.2 Å². The number of carbonyl (C=O) groups is 2. The predicted molar refractivity (Wildman–Crippen MR) is 71.5 cm³/mol. The third kappa shape index (κ3) is 3.48. The van der Waals surface area contributed by atoms with Gasteiger partial charge in [0, 0.05) is 12.2 Å². The molecule has 0 heterocycles. The maximum absolute atomic E-state index is 12.0. The molecule has 2 amide bonds. The summed E-state index contributed by atoms with van der Waals surface area (Å²) in [5, 5.41) is 5.68. The molecular formula is C13H19N3O2. The second-order valence-corrected chi connectivity index (χ2v) is 4.18. The predicted octanol–water partition coefficient (Wildman–Crippen LogP) is 1.03. The standard InChI is InChI=1S/C13H19N3O2/c1-4-15-11-6-5-8(2)7-10(11)13(18)16-9(3)12(14)17/h5-7,9,15H,4H2,1-3H3,(H2,14,17)(H,16,18). The third-order valence-corrected chi connectivity index (χ3v) is 2.56. The molecule has 5 nitrogen and oxygen atoms in total. The number of carbonyl (C=O) groups excluding carboxylic acids is 2. The smallest absolute Gasteiger partial charge is 0.254 e. The van der Waals surface area contributed by atoms with Crippen molar-refractivity contribution in [1.82, 2.24) is 5.32 Å². The first-order valence-electron chi connectivity index (χ1n) is 5.90. The maximum Gasteiger partial charge on any atom is 0.254 e. The van der Waals surface area contributed by atoms with Crippen molar-refractivity contribution in [3.8, 4) is 0 Å². The lowest BCUT2D eigenvalue weighted by Gasteiger charge is -2.14. The first-order valence-corrected chi connectivity index (χ1v) is 5.90. The van der Waals surface area contributed by atoms with Gasteiger partial charge in [-0.2, -0.15) is 0 Å². The molecule has 0 aliphatic rings. The van der Waals surface area contributed by atoms with Crippen molar-refractivity contribution in [2.45, 2.75) is 26.8 Å². The normalized spacial score (nSPS) is 11.7. The van der Waals surface area contributed by atoms with Gasteiger partial charge in [-0.05, 0) is 32.9 Å². The molecule has 0 radical (unpaired) electrons. The van der Waals surface area contributed by atoms with E-state index in [0.717, 1.165) is 11.3 Å². The van der Waals surface area contributed by atoms with E-state index >= 15 is 0 Å². The monoisotopic (exact) mass is 249 g/mol. The van der Waals surface area contributed by atoms with Crippen LogP contribution >= 0.6 is 0 Å². The Morgan fingerprint density at radius 3 is 2.61 bits per heavy atom. The van der Waals surface area contributed by atoms with Gasteiger partial charge in [-0.15, -0.1) is 0 Å². The summed E-state index contributed by atoms with van der Waals surface area (Å²) in [5.41, 5.74) is 7.37. The molecule has 1 unspecified atom stereocenters. The Bertz CT molecular complexity index is 458. The third-order valence-electron chi connectivity index (χ3n) is 2.56. The van der Waals surface area contributed by atoms with Gasteiger partial charge in [0.15, 0.2) is 0 Å². The van der Waals surface area contributed by atoms with Crippen LogP contribution in [0.25, 0.3) is 0 Å². The van der Waals surface area contributed by atoms with Gasteiger partial charge in [0.2, 0.25) is 5.91 Å². The van der Waals surface area contributed by atoms with Gasteiger partial charge in [0.1, 0.15) is 6.04 Å². The van der Waals surface area contributed by atoms with Gasteiger partial charge >= 0.3 is 0 Å². The van der Waals surface area contributed by atoms with Crippen molar-refractivity contribution in [1.29, 1.82) is 0 Å². The minimum absolute atomic E-state index is 0.305. The first-order chi connectivity index (χ1) is 8.45. The van der Waals surface area contributed by atoms with Gasteiger partial charge in [-0.3, -0.25) is 9.59 Å². The van der Waals surface area contributed by atoms with E-state index in [2.05, 4.69) is 10.6 Å². The van der Waals surface area contributed by atoms with E-state index in [1.54, 1.807) is 13.0 Å². The molecule has 1 aromatic rings. The Kier molecular flexibility index (Phi) is 4.71. The number of nitrogens with two attached hydrogens (primary N) is 1.